The Morgan fingerprint density at radius 2 is 1.74 bits per heavy atom. The van der Waals surface area contributed by atoms with E-state index in [1.165, 1.54) is 0 Å². The van der Waals surface area contributed by atoms with Gasteiger partial charge in [0, 0.05) is 66.5 Å². The van der Waals surface area contributed by atoms with Gasteiger partial charge >= 0.3 is 0 Å². The number of nitro groups is 1. The summed E-state index contributed by atoms with van der Waals surface area (Å²) >= 11 is 6.37. The number of ether oxygens (including phenoxy) is 2. The van der Waals surface area contributed by atoms with Gasteiger partial charge < -0.3 is 24.5 Å². The number of rotatable bonds is 9. The van der Waals surface area contributed by atoms with E-state index in [1.54, 1.807) is 32.4 Å². The van der Waals surface area contributed by atoms with E-state index in [4.69, 9.17) is 26.1 Å². The van der Waals surface area contributed by atoms with Gasteiger partial charge in [0.05, 0.1) is 29.9 Å². The van der Waals surface area contributed by atoms with Crippen LogP contribution in [0.15, 0.2) is 60.9 Å². The zero-order chi connectivity index (χ0) is 26.6. The number of methoxy groups -OCH3 is 2. The number of imidazole rings is 1. The van der Waals surface area contributed by atoms with Crippen molar-refractivity contribution in [3.8, 4) is 22.8 Å². The van der Waals surface area contributed by atoms with Crippen molar-refractivity contribution in [3.63, 3.8) is 0 Å². The molecule has 2 aromatic carbocycles. The maximum Gasteiger partial charge on any atom is 0.269 e. The van der Waals surface area contributed by atoms with Crippen LogP contribution in [0.1, 0.15) is 31.2 Å². The van der Waals surface area contributed by atoms with E-state index in [0.717, 1.165) is 53.8 Å². The molecule has 1 aliphatic carbocycles. The van der Waals surface area contributed by atoms with Crippen molar-refractivity contribution >= 4 is 28.6 Å². The molecular formula is C28H30ClN5O4. The maximum atomic E-state index is 10.8. The molecule has 5 rings (SSSR count). The Kier molecular flexibility index (Phi) is 7.67. The highest BCUT2D eigenvalue weighted by atomic mass is 35.5. The third-order valence-electron chi connectivity index (χ3n) is 7.05. The second kappa shape index (κ2) is 11.3. The van der Waals surface area contributed by atoms with E-state index in [-0.39, 0.29) is 10.6 Å². The molecule has 0 aliphatic heterocycles. The molecular weight excluding hydrogens is 506 g/mol. The van der Waals surface area contributed by atoms with Gasteiger partial charge in [0.1, 0.15) is 17.1 Å². The molecule has 38 heavy (non-hydrogen) atoms. The van der Waals surface area contributed by atoms with Gasteiger partial charge in [-0.1, -0.05) is 23.7 Å². The van der Waals surface area contributed by atoms with Gasteiger partial charge in [0.25, 0.3) is 5.69 Å². The Balaban J connectivity index is 1.19. The largest absolute Gasteiger partial charge is 0.496 e. The lowest BCUT2D eigenvalue weighted by Crippen LogP contribution is -2.36. The summed E-state index contributed by atoms with van der Waals surface area (Å²) in [5, 5.41) is 18.6. The molecule has 4 aromatic rings. The lowest BCUT2D eigenvalue weighted by Gasteiger charge is -2.30. The lowest BCUT2D eigenvalue weighted by atomic mass is 9.91. The van der Waals surface area contributed by atoms with Crippen LogP contribution in [0.4, 0.5) is 11.4 Å². The van der Waals surface area contributed by atoms with E-state index in [1.807, 2.05) is 35.0 Å². The monoisotopic (exact) mass is 535 g/mol. The Morgan fingerprint density at radius 1 is 1.03 bits per heavy atom. The van der Waals surface area contributed by atoms with Crippen LogP contribution in [-0.4, -0.2) is 40.6 Å². The molecule has 2 N–H and O–H groups in total. The molecule has 0 saturated heterocycles. The molecule has 10 heteroatoms. The molecule has 198 valence electrons. The van der Waals surface area contributed by atoms with E-state index in [9.17, 15) is 10.1 Å². The standard InChI is InChI=1S/C28H30ClN5O4/c1-37-26-15-27(38-2)24(29)14-23(26)25-17-33-12-11-21(13-28(33)32-25)31-20-7-5-19(6-8-20)30-16-18-3-9-22(10-4-18)34(35)36/h3-4,9-15,17,19-20,30-31H,5-8,16H2,1-2H3. The number of nitrogens with zero attached hydrogens (tertiary/aromatic N) is 3. The second-order valence-corrected chi connectivity index (χ2v) is 9.90. The molecule has 2 aromatic heterocycles. The normalized spacial score (nSPS) is 17.3. The fourth-order valence-corrected chi connectivity index (χ4v) is 5.18. The Morgan fingerprint density at radius 3 is 2.42 bits per heavy atom. The first-order valence-electron chi connectivity index (χ1n) is 12.6. The zero-order valence-electron chi connectivity index (χ0n) is 21.3. The van der Waals surface area contributed by atoms with Crippen LogP contribution in [0, 0.1) is 10.1 Å². The predicted octanol–water partition coefficient (Wildman–Crippen LogP) is 6.09. The number of anilines is 1. The zero-order valence-corrected chi connectivity index (χ0v) is 22.1. The minimum absolute atomic E-state index is 0.120. The quantitative estimate of drug-likeness (QED) is 0.197. The van der Waals surface area contributed by atoms with Gasteiger partial charge in [-0.25, -0.2) is 4.98 Å². The molecule has 0 radical (unpaired) electrons. The number of benzene rings is 2. The molecule has 0 amide bonds. The molecule has 2 heterocycles. The van der Waals surface area contributed by atoms with Crippen molar-refractivity contribution in [1.82, 2.24) is 14.7 Å². The first-order chi connectivity index (χ1) is 18.4. The van der Waals surface area contributed by atoms with Crippen LogP contribution in [-0.2, 0) is 6.54 Å². The molecule has 0 atom stereocenters. The highest BCUT2D eigenvalue weighted by Gasteiger charge is 2.21. The number of halogens is 1. The number of non-ortho nitro benzene ring substituents is 1. The third kappa shape index (κ3) is 5.69. The average molecular weight is 536 g/mol. The first-order valence-corrected chi connectivity index (χ1v) is 12.9. The summed E-state index contributed by atoms with van der Waals surface area (Å²) < 4.78 is 12.8. The van der Waals surface area contributed by atoms with Crippen molar-refractivity contribution in [2.75, 3.05) is 19.5 Å². The van der Waals surface area contributed by atoms with Crippen molar-refractivity contribution in [2.45, 2.75) is 44.3 Å². The smallest absolute Gasteiger partial charge is 0.269 e. The number of pyridine rings is 1. The Labute approximate surface area is 225 Å². The van der Waals surface area contributed by atoms with E-state index >= 15 is 0 Å². The first kappa shape index (κ1) is 25.8. The molecule has 1 fully saturated rings. The number of hydrogen-bond donors (Lipinski definition) is 2. The van der Waals surface area contributed by atoms with Gasteiger partial charge in [-0.3, -0.25) is 10.1 Å². The van der Waals surface area contributed by atoms with E-state index in [2.05, 4.69) is 22.8 Å². The highest BCUT2D eigenvalue weighted by molar-refractivity contribution is 6.32. The average Bonchev–Trinajstić information content (AvgIpc) is 3.36. The summed E-state index contributed by atoms with van der Waals surface area (Å²) in [5.74, 6) is 1.20. The number of hydrogen-bond acceptors (Lipinski definition) is 7. The summed E-state index contributed by atoms with van der Waals surface area (Å²) in [5.41, 5.74) is 4.61. The van der Waals surface area contributed by atoms with E-state index < -0.39 is 0 Å². The summed E-state index contributed by atoms with van der Waals surface area (Å²) in [6.07, 6.45) is 8.22. The molecule has 0 spiro atoms. The molecule has 1 aliphatic rings. The van der Waals surface area contributed by atoms with Crippen LogP contribution in [0.25, 0.3) is 16.9 Å². The number of aromatic nitrogens is 2. The molecule has 1 saturated carbocycles. The Hall–Kier alpha value is -3.82. The predicted molar refractivity (Wildman–Crippen MR) is 148 cm³/mol. The molecule has 0 unspecified atom stereocenters. The summed E-state index contributed by atoms with van der Waals surface area (Å²) in [4.78, 5) is 15.3. The Bertz CT molecular complexity index is 1430. The highest BCUT2D eigenvalue weighted by Crippen LogP contribution is 2.38. The number of nitro benzene ring substituents is 1. The van der Waals surface area contributed by atoms with Crippen molar-refractivity contribution in [2.24, 2.45) is 0 Å². The molecule has 0 bridgehead atoms. The van der Waals surface area contributed by atoms with Crippen molar-refractivity contribution in [3.05, 3.63) is 81.6 Å². The van der Waals surface area contributed by atoms with Gasteiger partial charge in [-0.05, 0) is 43.4 Å². The topological polar surface area (TPSA) is 103 Å². The van der Waals surface area contributed by atoms with Crippen LogP contribution in [0.2, 0.25) is 5.02 Å². The minimum Gasteiger partial charge on any atom is -0.496 e. The summed E-state index contributed by atoms with van der Waals surface area (Å²) in [6, 6.07) is 15.3. The van der Waals surface area contributed by atoms with Crippen LogP contribution in [0.5, 0.6) is 11.5 Å². The van der Waals surface area contributed by atoms with E-state index in [0.29, 0.717) is 35.2 Å². The van der Waals surface area contributed by atoms with Gasteiger partial charge in [0.15, 0.2) is 0 Å². The summed E-state index contributed by atoms with van der Waals surface area (Å²) in [6.45, 7) is 0.712. The van der Waals surface area contributed by atoms with Crippen molar-refractivity contribution < 1.29 is 14.4 Å². The van der Waals surface area contributed by atoms with Gasteiger partial charge in [0.2, 0.25) is 0 Å². The van der Waals surface area contributed by atoms with Gasteiger partial charge in [-0.15, -0.1) is 0 Å². The van der Waals surface area contributed by atoms with Crippen LogP contribution < -0.4 is 20.1 Å². The third-order valence-corrected chi connectivity index (χ3v) is 7.35. The van der Waals surface area contributed by atoms with Crippen LogP contribution >= 0.6 is 11.6 Å². The fourth-order valence-electron chi connectivity index (χ4n) is 4.94. The minimum atomic E-state index is -0.372. The van der Waals surface area contributed by atoms with Gasteiger partial charge in [-0.2, -0.15) is 0 Å². The fraction of sp³-hybridized carbons (Fsp3) is 0.321. The lowest BCUT2D eigenvalue weighted by molar-refractivity contribution is -0.384. The van der Waals surface area contributed by atoms with Crippen LogP contribution in [0.3, 0.4) is 0 Å². The SMILES string of the molecule is COc1cc(OC)c(-c2cn3ccc(NC4CCC(NCc5ccc([N+](=O)[O-])cc5)CC4)cc3n2)cc1Cl. The second-order valence-electron chi connectivity index (χ2n) is 9.49. The maximum absolute atomic E-state index is 10.8. The number of nitrogens with one attached hydrogen (secondary N) is 2. The number of fused-ring (bicyclic) bond motifs is 1. The van der Waals surface area contributed by atoms with Crippen molar-refractivity contribution in [1.29, 1.82) is 0 Å². The summed E-state index contributed by atoms with van der Waals surface area (Å²) in [7, 11) is 3.19. The molecule has 9 nitrogen and oxygen atoms in total.